The van der Waals surface area contributed by atoms with Crippen LogP contribution in [0.3, 0.4) is 0 Å². The van der Waals surface area contributed by atoms with E-state index in [1.54, 1.807) is 12.3 Å². The van der Waals surface area contributed by atoms with Crippen molar-refractivity contribution in [2.24, 2.45) is 0 Å². The Morgan fingerprint density at radius 2 is 1.87 bits per heavy atom. The first-order valence-corrected chi connectivity index (χ1v) is 7.70. The number of benzene rings is 1. The number of halogens is 1. The molecule has 2 N–H and O–H groups in total. The Kier molecular flexibility index (Phi) is 3.27. The third kappa shape index (κ3) is 2.77. The Morgan fingerprint density at radius 3 is 2.57 bits per heavy atom. The van der Waals surface area contributed by atoms with Crippen molar-refractivity contribution in [3.63, 3.8) is 0 Å². The summed E-state index contributed by atoms with van der Waals surface area (Å²) in [6.45, 7) is 0. The molecule has 4 rings (SSSR count). The van der Waals surface area contributed by atoms with Gasteiger partial charge in [0.25, 0.3) is 0 Å². The van der Waals surface area contributed by atoms with Crippen LogP contribution in [0.15, 0.2) is 41.1 Å². The van der Waals surface area contributed by atoms with Gasteiger partial charge in [0.1, 0.15) is 5.82 Å². The van der Waals surface area contributed by atoms with Crippen LogP contribution in [0, 0.1) is 0 Å². The molecular formula is C16H14ClN5O. The predicted octanol–water partition coefficient (Wildman–Crippen LogP) is 3.04. The number of nitrogen functional groups attached to an aromatic ring is 1. The van der Waals surface area contributed by atoms with Gasteiger partial charge in [0.15, 0.2) is 0 Å². The molecule has 0 radical (unpaired) electrons. The lowest BCUT2D eigenvalue weighted by molar-refractivity contribution is 0.344. The maximum absolute atomic E-state index is 5.93. The molecule has 2 heterocycles. The standard InChI is InChI=1S/C16H14ClN5O/c17-11-3-1-10(2-4-11)9-16(6-7-16)15-21-14(22-23-15)13-19-8-5-12(18)20-13/h1-5,8H,6-7,9H2,(H2,18,19,20). The number of anilines is 1. The summed E-state index contributed by atoms with van der Waals surface area (Å²) in [6, 6.07) is 9.47. The van der Waals surface area contributed by atoms with Gasteiger partial charge in [-0.15, -0.1) is 0 Å². The lowest BCUT2D eigenvalue weighted by Crippen LogP contribution is -2.11. The van der Waals surface area contributed by atoms with E-state index in [4.69, 9.17) is 21.9 Å². The van der Waals surface area contributed by atoms with Crippen molar-refractivity contribution >= 4 is 17.4 Å². The topological polar surface area (TPSA) is 90.7 Å². The molecule has 3 aromatic rings. The second kappa shape index (κ2) is 5.31. The molecule has 1 fully saturated rings. The number of nitrogens with zero attached hydrogens (tertiary/aromatic N) is 4. The number of rotatable bonds is 4. The van der Waals surface area contributed by atoms with Crippen LogP contribution in [0.2, 0.25) is 5.02 Å². The summed E-state index contributed by atoms with van der Waals surface area (Å²) in [4.78, 5) is 12.7. The highest BCUT2D eigenvalue weighted by atomic mass is 35.5. The molecule has 1 aliphatic carbocycles. The van der Waals surface area contributed by atoms with Gasteiger partial charge in [-0.1, -0.05) is 28.9 Å². The van der Waals surface area contributed by atoms with Crippen molar-refractivity contribution in [2.75, 3.05) is 5.73 Å². The zero-order valence-corrected chi connectivity index (χ0v) is 13.0. The Hall–Kier alpha value is -2.47. The highest BCUT2D eigenvalue weighted by molar-refractivity contribution is 6.30. The molecule has 116 valence electrons. The lowest BCUT2D eigenvalue weighted by atomic mass is 9.96. The Bertz CT molecular complexity index is 842. The molecule has 0 bridgehead atoms. The monoisotopic (exact) mass is 327 g/mol. The molecule has 2 aromatic heterocycles. The van der Waals surface area contributed by atoms with Crippen LogP contribution in [-0.4, -0.2) is 20.1 Å². The molecule has 0 saturated heterocycles. The van der Waals surface area contributed by atoms with Crippen molar-refractivity contribution in [1.29, 1.82) is 0 Å². The van der Waals surface area contributed by atoms with Crippen LogP contribution in [0.4, 0.5) is 5.82 Å². The summed E-state index contributed by atoms with van der Waals surface area (Å²) in [5.74, 6) is 1.76. The van der Waals surface area contributed by atoms with Crippen LogP contribution in [0.25, 0.3) is 11.6 Å². The van der Waals surface area contributed by atoms with Crippen molar-refractivity contribution < 1.29 is 4.52 Å². The fraction of sp³-hybridized carbons (Fsp3) is 0.250. The number of hydrogen-bond acceptors (Lipinski definition) is 6. The van der Waals surface area contributed by atoms with Gasteiger partial charge in [0.2, 0.25) is 17.5 Å². The first kappa shape index (κ1) is 14.1. The van der Waals surface area contributed by atoms with Crippen LogP contribution >= 0.6 is 11.6 Å². The largest absolute Gasteiger partial charge is 0.384 e. The molecule has 6 nitrogen and oxygen atoms in total. The Balaban J connectivity index is 1.59. The molecule has 0 unspecified atom stereocenters. The highest BCUT2D eigenvalue weighted by Gasteiger charge is 2.49. The van der Waals surface area contributed by atoms with Gasteiger partial charge in [0, 0.05) is 11.2 Å². The predicted molar refractivity (Wildman–Crippen MR) is 85.8 cm³/mol. The fourth-order valence-corrected chi connectivity index (χ4v) is 2.75. The van der Waals surface area contributed by atoms with E-state index in [1.165, 1.54) is 5.56 Å². The van der Waals surface area contributed by atoms with Gasteiger partial charge in [-0.25, -0.2) is 9.97 Å². The van der Waals surface area contributed by atoms with Crippen molar-refractivity contribution in [3.05, 3.63) is 53.0 Å². The van der Waals surface area contributed by atoms with E-state index < -0.39 is 0 Å². The van der Waals surface area contributed by atoms with Crippen LogP contribution in [0.5, 0.6) is 0 Å². The molecule has 0 atom stereocenters. The molecule has 0 aliphatic heterocycles. The van der Waals surface area contributed by atoms with E-state index in [2.05, 4.69) is 20.1 Å². The van der Waals surface area contributed by atoms with E-state index in [0.29, 0.717) is 23.4 Å². The van der Waals surface area contributed by atoms with Gasteiger partial charge in [-0.2, -0.15) is 4.98 Å². The van der Waals surface area contributed by atoms with Gasteiger partial charge < -0.3 is 10.3 Å². The Morgan fingerprint density at radius 1 is 1.09 bits per heavy atom. The first-order valence-electron chi connectivity index (χ1n) is 7.32. The normalized spacial score (nSPS) is 15.5. The average molecular weight is 328 g/mol. The smallest absolute Gasteiger partial charge is 0.240 e. The third-order valence-electron chi connectivity index (χ3n) is 4.07. The van der Waals surface area contributed by atoms with E-state index >= 15 is 0 Å². The third-order valence-corrected chi connectivity index (χ3v) is 4.32. The molecule has 7 heteroatoms. The minimum Gasteiger partial charge on any atom is -0.384 e. The molecule has 1 aromatic carbocycles. The van der Waals surface area contributed by atoms with Crippen LogP contribution < -0.4 is 5.73 Å². The maximum atomic E-state index is 5.93. The number of nitrogens with two attached hydrogens (primary N) is 1. The van der Waals surface area contributed by atoms with Crippen molar-refractivity contribution in [3.8, 4) is 11.6 Å². The first-order chi connectivity index (χ1) is 11.1. The van der Waals surface area contributed by atoms with Crippen LogP contribution in [-0.2, 0) is 11.8 Å². The van der Waals surface area contributed by atoms with E-state index in [1.807, 2.05) is 24.3 Å². The van der Waals surface area contributed by atoms with Gasteiger partial charge in [-0.3, -0.25) is 0 Å². The highest BCUT2D eigenvalue weighted by Crippen LogP contribution is 2.50. The van der Waals surface area contributed by atoms with Crippen molar-refractivity contribution in [2.45, 2.75) is 24.7 Å². The van der Waals surface area contributed by atoms with Gasteiger partial charge in [-0.05, 0) is 43.0 Å². The zero-order valence-electron chi connectivity index (χ0n) is 12.2. The van der Waals surface area contributed by atoms with Crippen LogP contribution in [0.1, 0.15) is 24.3 Å². The Labute approximate surface area is 137 Å². The molecule has 23 heavy (non-hydrogen) atoms. The summed E-state index contributed by atoms with van der Waals surface area (Å²) < 4.78 is 5.47. The quantitative estimate of drug-likeness (QED) is 0.792. The number of aromatic nitrogens is 4. The van der Waals surface area contributed by atoms with Gasteiger partial charge in [0.05, 0.1) is 5.41 Å². The van der Waals surface area contributed by atoms with Crippen molar-refractivity contribution in [1.82, 2.24) is 20.1 Å². The second-order valence-corrected chi connectivity index (χ2v) is 6.25. The average Bonchev–Trinajstić information content (AvgIpc) is 3.15. The minimum absolute atomic E-state index is 0.0839. The summed E-state index contributed by atoms with van der Waals surface area (Å²) >= 11 is 5.93. The van der Waals surface area contributed by atoms with E-state index in [9.17, 15) is 0 Å². The zero-order chi connectivity index (χ0) is 15.9. The molecule has 0 spiro atoms. The van der Waals surface area contributed by atoms with E-state index in [0.717, 1.165) is 24.3 Å². The molecule has 1 aliphatic rings. The molecular weight excluding hydrogens is 314 g/mol. The summed E-state index contributed by atoms with van der Waals surface area (Å²) in [7, 11) is 0. The summed E-state index contributed by atoms with van der Waals surface area (Å²) in [6.07, 6.45) is 4.47. The SMILES string of the molecule is Nc1ccnc(-c2noc(C3(Cc4ccc(Cl)cc4)CC3)n2)n1. The maximum Gasteiger partial charge on any atom is 0.240 e. The van der Waals surface area contributed by atoms with Gasteiger partial charge >= 0.3 is 0 Å². The number of hydrogen-bond donors (Lipinski definition) is 1. The molecule has 1 saturated carbocycles. The fourth-order valence-electron chi connectivity index (χ4n) is 2.62. The minimum atomic E-state index is -0.0839. The molecule has 0 amide bonds. The lowest BCUT2D eigenvalue weighted by Gasteiger charge is -2.09. The second-order valence-electron chi connectivity index (χ2n) is 5.81. The summed E-state index contributed by atoms with van der Waals surface area (Å²) in [5.41, 5.74) is 6.78. The summed E-state index contributed by atoms with van der Waals surface area (Å²) in [5, 5.41) is 4.74. The van der Waals surface area contributed by atoms with E-state index in [-0.39, 0.29) is 5.41 Å².